The molecule has 0 aliphatic carbocycles. The van der Waals surface area contributed by atoms with Crippen molar-refractivity contribution < 1.29 is 14.7 Å². The van der Waals surface area contributed by atoms with Crippen molar-refractivity contribution >= 4 is 56.9 Å². The van der Waals surface area contributed by atoms with Crippen LogP contribution in [0.4, 0.5) is 10.7 Å². The van der Waals surface area contributed by atoms with Gasteiger partial charge in [-0.3, -0.25) is 9.78 Å². The molecule has 0 bridgehead atoms. The van der Waals surface area contributed by atoms with Crippen molar-refractivity contribution in [3.8, 4) is 16.6 Å². The zero-order chi connectivity index (χ0) is 21.7. The highest BCUT2D eigenvalue weighted by molar-refractivity contribution is 7.98. The van der Waals surface area contributed by atoms with E-state index in [0.717, 1.165) is 21.9 Å². The summed E-state index contributed by atoms with van der Waals surface area (Å²) in [6, 6.07) is 10.2. The van der Waals surface area contributed by atoms with Gasteiger partial charge in [0.05, 0.1) is 21.1 Å². The van der Waals surface area contributed by atoms with Crippen LogP contribution in [0.15, 0.2) is 36.5 Å². The number of carboxylic acid groups (broad SMARTS) is 1. The lowest BCUT2D eigenvalue weighted by Gasteiger charge is -2.13. The molecule has 3 aromatic rings. The Kier molecular flexibility index (Phi) is 7.10. The standard InChI is InChI=1S/C20H18N4O3S3/c1-28-9-7-13(20(26)27)24-19-11(10-21)16(22)18(30-19)17(25)15-6-5-14(29-15)12-4-2-3-8-23-12/h2-6,8,13,24H,7,9,22H2,1H3,(H,26,27). The molecular formula is C20H18N4O3S3. The van der Waals surface area contributed by atoms with E-state index in [-0.39, 0.29) is 21.9 Å². The number of thioether (sulfide) groups is 1. The van der Waals surface area contributed by atoms with E-state index in [0.29, 0.717) is 22.1 Å². The normalized spacial score (nSPS) is 11.6. The van der Waals surface area contributed by atoms with Crippen LogP contribution in [0.5, 0.6) is 0 Å². The SMILES string of the molecule is CSCCC(Nc1sc(C(=O)c2ccc(-c3ccccn3)s2)c(N)c1C#N)C(=O)O. The van der Waals surface area contributed by atoms with Crippen LogP contribution in [0.3, 0.4) is 0 Å². The molecule has 0 amide bonds. The maximum absolute atomic E-state index is 13.0. The number of nitrogens with zero attached hydrogens (tertiary/aromatic N) is 2. The largest absolute Gasteiger partial charge is 0.480 e. The molecule has 0 spiro atoms. The van der Waals surface area contributed by atoms with Gasteiger partial charge in [0.15, 0.2) is 0 Å². The Morgan fingerprint density at radius 2 is 2.13 bits per heavy atom. The number of hydrogen-bond donors (Lipinski definition) is 3. The molecule has 154 valence electrons. The van der Waals surface area contributed by atoms with E-state index in [1.54, 1.807) is 12.3 Å². The Labute approximate surface area is 185 Å². The third-order valence-corrected chi connectivity index (χ3v) is 7.11. The fourth-order valence-corrected chi connectivity index (χ4v) is 5.24. The molecule has 0 aromatic carbocycles. The van der Waals surface area contributed by atoms with Crippen LogP contribution in [0.1, 0.15) is 26.5 Å². The molecule has 4 N–H and O–H groups in total. The van der Waals surface area contributed by atoms with Crippen LogP contribution in [-0.2, 0) is 4.79 Å². The van der Waals surface area contributed by atoms with Gasteiger partial charge in [-0.1, -0.05) is 6.07 Å². The Hall–Kier alpha value is -2.87. The number of carbonyl (C=O) groups is 2. The summed E-state index contributed by atoms with van der Waals surface area (Å²) in [6.45, 7) is 0. The van der Waals surface area contributed by atoms with Crippen molar-refractivity contribution in [2.75, 3.05) is 23.1 Å². The molecule has 3 aromatic heterocycles. The van der Waals surface area contributed by atoms with Crippen LogP contribution < -0.4 is 11.1 Å². The molecule has 1 unspecified atom stereocenters. The number of anilines is 2. The van der Waals surface area contributed by atoms with Crippen molar-refractivity contribution in [2.24, 2.45) is 0 Å². The van der Waals surface area contributed by atoms with Gasteiger partial charge in [-0.05, 0) is 42.7 Å². The van der Waals surface area contributed by atoms with Gasteiger partial charge in [-0.25, -0.2) is 4.79 Å². The lowest BCUT2D eigenvalue weighted by molar-refractivity contribution is -0.137. The summed E-state index contributed by atoms with van der Waals surface area (Å²) in [4.78, 5) is 30.4. The van der Waals surface area contributed by atoms with Crippen molar-refractivity contribution in [3.05, 3.63) is 51.8 Å². The maximum atomic E-state index is 13.0. The molecule has 0 radical (unpaired) electrons. The molecule has 3 rings (SSSR count). The number of aromatic nitrogens is 1. The van der Waals surface area contributed by atoms with E-state index in [2.05, 4.69) is 10.3 Å². The van der Waals surface area contributed by atoms with E-state index in [4.69, 9.17) is 5.73 Å². The van der Waals surface area contributed by atoms with E-state index in [1.807, 2.05) is 36.6 Å². The number of rotatable bonds is 9. The first kappa shape index (κ1) is 21.8. The first-order valence-corrected chi connectivity index (χ1v) is 11.9. The fourth-order valence-electron chi connectivity index (χ4n) is 2.69. The molecule has 0 saturated carbocycles. The summed E-state index contributed by atoms with van der Waals surface area (Å²) in [6.07, 6.45) is 3.95. The minimum Gasteiger partial charge on any atom is -0.480 e. The molecule has 0 fully saturated rings. The molecule has 0 aliphatic rings. The molecule has 0 saturated heterocycles. The molecule has 1 atom stereocenters. The Morgan fingerprint density at radius 3 is 2.77 bits per heavy atom. The highest BCUT2D eigenvalue weighted by atomic mass is 32.2. The number of nitrogens with one attached hydrogen (secondary N) is 1. The van der Waals surface area contributed by atoms with Gasteiger partial charge < -0.3 is 16.2 Å². The highest BCUT2D eigenvalue weighted by Gasteiger charge is 2.26. The Morgan fingerprint density at radius 1 is 1.33 bits per heavy atom. The predicted molar refractivity (Wildman–Crippen MR) is 122 cm³/mol. The van der Waals surface area contributed by atoms with Crippen LogP contribution in [0.2, 0.25) is 0 Å². The van der Waals surface area contributed by atoms with Gasteiger partial charge in [0, 0.05) is 6.20 Å². The van der Waals surface area contributed by atoms with Crippen molar-refractivity contribution in [3.63, 3.8) is 0 Å². The first-order chi connectivity index (χ1) is 14.5. The summed E-state index contributed by atoms with van der Waals surface area (Å²) < 4.78 is 0. The second kappa shape index (κ2) is 9.75. The molecular weight excluding hydrogens is 440 g/mol. The number of carboxylic acids is 1. The van der Waals surface area contributed by atoms with Gasteiger partial charge in [0.25, 0.3) is 0 Å². The fraction of sp³-hybridized carbons (Fsp3) is 0.200. The summed E-state index contributed by atoms with van der Waals surface area (Å²) >= 11 is 3.83. The number of ketones is 1. The Balaban J connectivity index is 1.90. The number of nitriles is 1. The summed E-state index contributed by atoms with van der Waals surface area (Å²) in [5.41, 5.74) is 7.02. The zero-order valence-electron chi connectivity index (χ0n) is 15.9. The van der Waals surface area contributed by atoms with E-state index < -0.39 is 12.0 Å². The first-order valence-electron chi connectivity index (χ1n) is 8.82. The Bertz CT molecular complexity index is 1100. The van der Waals surface area contributed by atoms with E-state index in [9.17, 15) is 20.0 Å². The van der Waals surface area contributed by atoms with E-state index in [1.165, 1.54) is 23.1 Å². The maximum Gasteiger partial charge on any atom is 0.326 e. The molecule has 3 heterocycles. The smallest absolute Gasteiger partial charge is 0.326 e. The van der Waals surface area contributed by atoms with Gasteiger partial charge in [-0.2, -0.15) is 17.0 Å². The summed E-state index contributed by atoms with van der Waals surface area (Å²) in [5, 5.41) is 22.1. The second-order valence-electron chi connectivity index (χ2n) is 6.19. The lowest BCUT2D eigenvalue weighted by Crippen LogP contribution is -2.29. The van der Waals surface area contributed by atoms with Gasteiger partial charge in [-0.15, -0.1) is 22.7 Å². The number of nitrogens with two attached hydrogens (primary N) is 1. The van der Waals surface area contributed by atoms with Crippen LogP contribution in [0.25, 0.3) is 10.6 Å². The zero-order valence-corrected chi connectivity index (χ0v) is 18.4. The van der Waals surface area contributed by atoms with Crippen molar-refractivity contribution in [2.45, 2.75) is 12.5 Å². The third-order valence-electron chi connectivity index (χ3n) is 4.22. The lowest BCUT2D eigenvalue weighted by atomic mass is 10.2. The summed E-state index contributed by atoms with van der Waals surface area (Å²) in [5.74, 6) is -0.680. The van der Waals surface area contributed by atoms with Gasteiger partial charge in [0.1, 0.15) is 27.6 Å². The topological polar surface area (TPSA) is 129 Å². The van der Waals surface area contributed by atoms with Crippen LogP contribution in [0, 0.1) is 11.3 Å². The average Bonchev–Trinajstić information content (AvgIpc) is 3.36. The highest BCUT2D eigenvalue weighted by Crippen LogP contribution is 2.38. The molecule has 10 heteroatoms. The van der Waals surface area contributed by atoms with Crippen molar-refractivity contribution in [1.82, 2.24) is 4.98 Å². The molecule has 30 heavy (non-hydrogen) atoms. The predicted octanol–water partition coefficient (Wildman–Crippen LogP) is 4.17. The number of nitrogen functional groups attached to an aromatic ring is 1. The number of carbonyl (C=O) groups excluding carboxylic acids is 1. The van der Waals surface area contributed by atoms with Gasteiger partial charge in [0.2, 0.25) is 5.78 Å². The number of pyridine rings is 1. The molecule has 0 aliphatic heterocycles. The minimum atomic E-state index is -1.02. The summed E-state index contributed by atoms with van der Waals surface area (Å²) in [7, 11) is 0. The van der Waals surface area contributed by atoms with Gasteiger partial charge >= 0.3 is 5.97 Å². The minimum absolute atomic E-state index is 0.0665. The van der Waals surface area contributed by atoms with E-state index >= 15 is 0 Å². The monoisotopic (exact) mass is 458 g/mol. The number of aliphatic carboxylic acids is 1. The number of hydrogen-bond acceptors (Lipinski definition) is 9. The van der Waals surface area contributed by atoms with Crippen molar-refractivity contribution in [1.29, 1.82) is 5.26 Å². The molecule has 7 nitrogen and oxygen atoms in total. The third kappa shape index (κ3) is 4.64. The number of thiophene rings is 2. The van der Waals surface area contributed by atoms with Crippen LogP contribution >= 0.6 is 34.4 Å². The quantitative estimate of drug-likeness (QED) is 0.407. The second-order valence-corrected chi connectivity index (χ2v) is 9.28. The van der Waals surface area contributed by atoms with Crippen LogP contribution in [-0.4, -0.2) is 39.9 Å². The average molecular weight is 459 g/mol.